The van der Waals surface area contributed by atoms with Crippen molar-refractivity contribution in [3.8, 4) is 5.75 Å². The number of fused-ring (bicyclic) bond motifs is 1. The van der Waals surface area contributed by atoms with E-state index < -0.39 is 46.5 Å². The lowest BCUT2D eigenvalue weighted by molar-refractivity contribution is 0.0202. The molecule has 2 N–H and O–H groups in total. The molecule has 0 bridgehead atoms. The second kappa shape index (κ2) is 9.60. The number of hydrogen-bond donors (Lipinski definition) is 2. The van der Waals surface area contributed by atoms with E-state index in [1.54, 1.807) is 27.8 Å². The zero-order valence-electron chi connectivity index (χ0n) is 19.2. The Morgan fingerprint density at radius 3 is 2.58 bits per heavy atom. The molecule has 3 rings (SSSR count). The topological polar surface area (TPSA) is 114 Å². The van der Waals surface area contributed by atoms with Crippen LogP contribution < -0.4 is 10.9 Å². The third kappa shape index (κ3) is 5.68. The Labute approximate surface area is 191 Å². The standard InChI is InChI=1S/C23H29FN4O5/c1-23(2,3)33-22(32)27(4)16-7-5-6-12-28-19(16)26-17(18(29)21(28)31)20(30)25-13-14-8-10-15(24)11-9-14/h8-11,16,29H,5-7,12-13H2,1-4H3,(H,25,30)/t16-/m0/s1. The average molecular weight is 461 g/mol. The van der Waals surface area contributed by atoms with Crippen molar-refractivity contribution in [3.05, 3.63) is 57.5 Å². The minimum absolute atomic E-state index is 0.0554. The van der Waals surface area contributed by atoms with Gasteiger partial charge in [-0.15, -0.1) is 0 Å². The van der Waals surface area contributed by atoms with Crippen molar-refractivity contribution in [2.24, 2.45) is 0 Å². The number of halogens is 1. The number of hydrogen-bond acceptors (Lipinski definition) is 6. The van der Waals surface area contributed by atoms with Crippen molar-refractivity contribution in [2.45, 2.75) is 64.8 Å². The molecule has 9 nitrogen and oxygen atoms in total. The molecule has 0 fully saturated rings. The van der Waals surface area contributed by atoms with Gasteiger partial charge in [0.25, 0.3) is 11.5 Å². The lowest BCUT2D eigenvalue weighted by Gasteiger charge is -2.30. The van der Waals surface area contributed by atoms with Gasteiger partial charge in [0.1, 0.15) is 17.2 Å². The normalized spacial score (nSPS) is 15.8. The molecule has 0 radical (unpaired) electrons. The highest BCUT2D eigenvalue weighted by atomic mass is 19.1. The molecule has 1 aromatic heterocycles. The first-order chi connectivity index (χ1) is 15.5. The second-order valence-corrected chi connectivity index (χ2v) is 9.04. The minimum atomic E-state index is -0.754. The zero-order chi connectivity index (χ0) is 24.3. The van der Waals surface area contributed by atoms with Gasteiger partial charge in [0.05, 0.1) is 6.04 Å². The van der Waals surface area contributed by atoms with Gasteiger partial charge < -0.3 is 20.1 Å². The highest BCUT2D eigenvalue weighted by Crippen LogP contribution is 2.29. The minimum Gasteiger partial charge on any atom is -0.501 e. The Kier molecular flexibility index (Phi) is 7.04. The van der Waals surface area contributed by atoms with Gasteiger partial charge in [-0.3, -0.25) is 14.2 Å². The fourth-order valence-electron chi connectivity index (χ4n) is 3.62. The summed E-state index contributed by atoms with van der Waals surface area (Å²) in [5.74, 6) is -1.69. The highest BCUT2D eigenvalue weighted by molar-refractivity contribution is 5.94. The summed E-state index contributed by atoms with van der Waals surface area (Å²) in [6, 6.07) is 4.95. The Balaban J connectivity index is 1.92. The van der Waals surface area contributed by atoms with Crippen LogP contribution in [0.4, 0.5) is 9.18 Å². The van der Waals surface area contributed by atoms with E-state index in [1.807, 2.05) is 0 Å². The van der Waals surface area contributed by atoms with Crippen molar-refractivity contribution < 1.29 is 23.8 Å². The number of nitrogens with one attached hydrogen (secondary N) is 1. The third-order valence-corrected chi connectivity index (χ3v) is 5.31. The monoisotopic (exact) mass is 460 g/mol. The Bertz CT molecular complexity index is 1090. The van der Waals surface area contributed by atoms with E-state index in [1.165, 1.54) is 33.7 Å². The molecule has 1 atom stereocenters. The van der Waals surface area contributed by atoms with Crippen LogP contribution in [0.1, 0.15) is 68.0 Å². The van der Waals surface area contributed by atoms with Crippen molar-refractivity contribution in [1.82, 2.24) is 19.8 Å². The first kappa shape index (κ1) is 24.2. The van der Waals surface area contributed by atoms with Crippen LogP contribution in [0.15, 0.2) is 29.1 Å². The van der Waals surface area contributed by atoms with E-state index in [9.17, 15) is 23.9 Å². The zero-order valence-corrected chi connectivity index (χ0v) is 19.2. The summed E-state index contributed by atoms with van der Waals surface area (Å²) < 4.78 is 19.8. The van der Waals surface area contributed by atoms with Crippen LogP contribution in [0.2, 0.25) is 0 Å². The molecule has 2 aromatic rings. The number of carbonyl (C=O) groups is 2. The summed E-state index contributed by atoms with van der Waals surface area (Å²) in [5.41, 5.74) is -1.23. The van der Waals surface area contributed by atoms with Gasteiger partial charge in [-0.1, -0.05) is 12.1 Å². The molecule has 0 saturated heterocycles. The Hall–Kier alpha value is -3.43. The summed E-state index contributed by atoms with van der Waals surface area (Å²) in [7, 11) is 1.56. The van der Waals surface area contributed by atoms with Gasteiger partial charge in [-0.2, -0.15) is 0 Å². The lowest BCUT2D eigenvalue weighted by atomic mass is 10.1. The molecular weight excluding hydrogens is 431 g/mol. The molecule has 0 aliphatic carbocycles. The van der Waals surface area contributed by atoms with Crippen LogP contribution in [-0.4, -0.2) is 44.2 Å². The number of ether oxygens (including phenoxy) is 1. The number of carbonyl (C=O) groups excluding carboxylic acids is 2. The molecule has 178 valence electrons. The van der Waals surface area contributed by atoms with E-state index >= 15 is 0 Å². The van der Waals surface area contributed by atoms with Crippen LogP contribution >= 0.6 is 0 Å². The van der Waals surface area contributed by atoms with Crippen molar-refractivity contribution >= 4 is 12.0 Å². The molecule has 10 heteroatoms. The highest BCUT2D eigenvalue weighted by Gasteiger charge is 2.33. The predicted octanol–water partition coefficient (Wildman–Crippen LogP) is 3.11. The number of nitrogens with zero attached hydrogens (tertiary/aromatic N) is 3. The van der Waals surface area contributed by atoms with Crippen molar-refractivity contribution in [1.29, 1.82) is 0 Å². The second-order valence-electron chi connectivity index (χ2n) is 9.04. The van der Waals surface area contributed by atoms with Gasteiger partial charge in [-0.05, 0) is 57.7 Å². The van der Waals surface area contributed by atoms with Crippen LogP contribution in [0.25, 0.3) is 0 Å². The van der Waals surface area contributed by atoms with E-state index in [2.05, 4.69) is 10.3 Å². The largest absolute Gasteiger partial charge is 0.501 e. The number of aromatic hydroxyl groups is 1. The Morgan fingerprint density at radius 1 is 1.27 bits per heavy atom. The van der Waals surface area contributed by atoms with Gasteiger partial charge in [-0.25, -0.2) is 14.2 Å². The van der Waals surface area contributed by atoms with Crippen molar-refractivity contribution in [3.63, 3.8) is 0 Å². The number of rotatable bonds is 4. The lowest BCUT2D eigenvalue weighted by Crippen LogP contribution is -2.39. The molecule has 1 aromatic carbocycles. The molecule has 2 heterocycles. The summed E-state index contributed by atoms with van der Waals surface area (Å²) in [6.07, 6.45) is 1.31. The van der Waals surface area contributed by atoms with Gasteiger partial charge in [0.15, 0.2) is 5.69 Å². The van der Waals surface area contributed by atoms with Crippen LogP contribution in [0, 0.1) is 5.82 Å². The molecule has 2 amide bonds. The quantitative estimate of drug-likeness (QED) is 0.725. The van der Waals surface area contributed by atoms with Gasteiger partial charge in [0, 0.05) is 20.1 Å². The Morgan fingerprint density at radius 2 is 1.94 bits per heavy atom. The molecule has 33 heavy (non-hydrogen) atoms. The molecule has 1 aliphatic heterocycles. The summed E-state index contributed by atoms with van der Waals surface area (Å²) >= 11 is 0. The van der Waals surface area contributed by atoms with Gasteiger partial charge >= 0.3 is 6.09 Å². The summed E-state index contributed by atoms with van der Waals surface area (Å²) in [5, 5.41) is 13.0. The van der Waals surface area contributed by atoms with E-state index in [-0.39, 0.29) is 12.4 Å². The smallest absolute Gasteiger partial charge is 0.410 e. The average Bonchev–Trinajstić information content (AvgIpc) is 2.96. The number of amides is 2. The van der Waals surface area contributed by atoms with E-state index in [4.69, 9.17) is 4.74 Å². The van der Waals surface area contributed by atoms with Gasteiger partial charge in [0.2, 0.25) is 5.75 Å². The van der Waals surface area contributed by atoms with E-state index in [0.29, 0.717) is 31.4 Å². The van der Waals surface area contributed by atoms with Crippen LogP contribution in [-0.2, 0) is 17.8 Å². The van der Waals surface area contributed by atoms with Crippen molar-refractivity contribution in [2.75, 3.05) is 7.05 Å². The van der Waals surface area contributed by atoms with E-state index in [0.717, 1.165) is 0 Å². The number of benzene rings is 1. The molecular formula is C23H29FN4O5. The molecule has 1 aliphatic rings. The van der Waals surface area contributed by atoms with Crippen LogP contribution in [0.3, 0.4) is 0 Å². The predicted molar refractivity (Wildman–Crippen MR) is 118 cm³/mol. The summed E-state index contributed by atoms with van der Waals surface area (Å²) in [4.78, 5) is 44.0. The first-order valence-electron chi connectivity index (χ1n) is 10.8. The maximum atomic E-state index is 13.1. The first-order valence-corrected chi connectivity index (χ1v) is 10.8. The molecule has 0 unspecified atom stereocenters. The fourth-order valence-corrected chi connectivity index (χ4v) is 3.62. The maximum Gasteiger partial charge on any atom is 0.410 e. The third-order valence-electron chi connectivity index (χ3n) is 5.31. The molecule has 0 saturated carbocycles. The number of aromatic nitrogens is 2. The molecule has 0 spiro atoms. The fraction of sp³-hybridized carbons (Fsp3) is 0.478. The maximum absolute atomic E-state index is 13.1. The summed E-state index contributed by atoms with van der Waals surface area (Å²) in [6.45, 7) is 5.63. The SMILES string of the molecule is CN(C(=O)OC(C)(C)C)[C@H]1CCCCn2c1nc(C(=O)NCc1ccc(F)cc1)c(O)c2=O. The van der Waals surface area contributed by atoms with Crippen LogP contribution in [0.5, 0.6) is 5.75 Å².